The molecule has 9 heteroatoms. The lowest BCUT2D eigenvalue weighted by molar-refractivity contribution is 0.0498. The van der Waals surface area contributed by atoms with Crippen LogP contribution in [0.25, 0.3) is 17.1 Å². The number of rotatable bonds is 7. The number of aromatic nitrogens is 5. The SMILES string of the molecule is Cc1c[nH]c(=O)n1-c1ccc(C(=O)OCCCc2nc(-c3cccnc3)no2)cc1. The van der Waals surface area contributed by atoms with Gasteiger partial charge < -0.3 is 14.2 Å². The summed E-state index contributed by atoms with van der Waals surface area (Å²) in [6, 6.07) is 10.3. The summed E-state index contributed by atoms with van der Waals surface area (Å²) in [5, 5.41) is 3.93. The number of aryl methyl sites for hydroxylation is 2. The van der Waals surface area contributed by atoms with Gasteiger partial charge in [-0.05, 0) is 49.7 Å². The molecule has 0 radical (unpaired) electrons. The van der Waals surface area contributed by atoms with Crippen molar-refractivity contribution in [1.82, 2.24) is 24.7 Å². The standard InChI is InChI=1S/C21H19N5O4/c1-14-12-23-21(28)26(14)17-8-6-15(7-9-17)20(27)29-11-3-5-18-24-19(25-30-18)16-4-2-10-22-13-16/h2,4,6-10,12-13H,3,5,11H2,1H3,(H,23,28). The number of carbonyl (C=O) groups is 1. The van der Waals surface area contributed by atoms with Crippen molar-refractivity contribution in [3.05, 3.63) is 82.6 Å². The molecule has 1 N–H and O–H groups in total. The summed E-state index contributed by atoms with van der Waals surface area (Å²) in [7, 11) is 0. The fourth-order valence-electron chi connectivity index (χ4n) is 2.96. The predicted octanol–water partition coefficient (Wildman–Crippen LogP) is 2.71. The van der Waals surface area contributed by atoms with Crippen molar-refractivity contribution in [2.24, 2.45) is 0 Å². The number of benzene rings is 1. The van der Waals surface area contributed by atoms with Gasteiger partial charge in [-0.3, -0.25) is 9.55 Å². The lowest BCUT2D eigenvalue weighted by Gasteiger charge is -2.06. The first-order valence-electron chi connectivity index (χ1n) is 9.39. The van der Waals surface area contributed by atoms with Gasteiger partial charge in [0.15, 0.2) is 0 Å². The Balaban J connectivity index is 1.28. The summed E-state index contributed by atoms with van der Waals surface area (Å²) in [6.45, 7) is 2.05. The number of aromatic amines is 1. The average Bonchev–Trinajstić information content (AvgIpc) is 3.38. The van der Waals surface area contributed by atoms with E-state index in [9.17, 15) is 9.59 Å². The second-order valence-corrected chi connectivity index (χ2v) is 6.61. The molecular formula is C21H19N5O4. The molecule has 30 heavy (non-hydrogen) atoms. The van der Waals surface area contributed by atoms with E-state index in [2.05, 4.69) is 20.1 Å². The van der Waals surface area contributed by atoms with E-state index in [0.29, 0.717) is 35.8 Å². The van der Waals surface area contributed by atoms with Crippen molar-refractivity contribution in [3.8, 4) is 17.1 Å². The molecule has 0 unspecified atom stereocenters. The molecule has 0 aliphatic heterocycles. The van der Waals surface area contributed by atoms with Crippen molar-refractivity contribution in [1.29, 1.82) is 0 Å². The van der Waals surface area contributed by atoms with Crippen LogP contribution in [0.3, 0.4) is 0 Å². The van der Waals surface area contributed by atoms with E-state index < -0.39 is 5.97 Å². The van der Waals surface area contributed by atoms with Crippen LogP contribution in [-0.4, -0.2) is 37.3 Å². The summed E-state index contributed by atoms with van der Waals surface area (Å²) in [5.41, 5.74) is 2.42. The third kappa shape index (κ3) is 4.19. The van der Waals surface area contributed by atoms with Crippen molar-refractivity contribution < 1.29 is 14.1 Å². The molecule has 0 fully saturated rings. The van der Waals surface area contributed by atoms with Gasteiger partial charge in [0.1, 0.15) is 0 Å². The Morgan fingerprint density at radius 2 is 2.07 bits per heavy atom. The zero-order chi connectivity index (χ0) is 20.9. The van der Waals surface area contributed by atoms with Crippen LogP contribution in [0.4, 0.5) is 0 Å². The first-order valence-corrected chi connectivity index (χ1v) is 9.39. The van der Waals surface area contributed by atoms with Gasteiger partial charge in [-0.1, -0.05) is 5.16 Å². The Labute approximate surface area is 171 Å². The maximum Gasteiger partial charge on any atom is 0.338 e. The van der Waals surface area contributed by atoms with Gasteiger partial charge in [-0.2, -0.15) is 4.98 Å². The molecule has 0 bridgehead atoms. The molecule has 0 amide bonds. The zero-order valence-corrected chi connectivity index (χ0v) is 16.2. The first kappa shape index (κ1) is 19.3. The van der Waals surface area contributed by atoms with Gasteiger partial charge in [0, 0.05) is 36.3 Å². The summed E-state index contributed by atoms with van der Waals surface area (Å²) in [4.78, 5) is 35.0. The van der Waals surface area contributed by atoms with Crippen LogP contribution in [0.2, 0.25) is 0 Å². The van der Waals surface area contributed by atoms with Crippen LogP contribution >= 0.6 is 0 Å². The highest BCUT2D eigenvalue weighted by molar-refractivity contribution is 5.89. The topological polar surface area (TPSA) is 116 Å². The van der Waals surface area contributed by atoms with Gasteiger partial charge in [0.05, 0.1) is 17.9 Å². The Morgan fingerprint density at radius 3 is 2.77 bits per heavy atom. The molecule has 1 aromatic carbocycles. The van der Waals surface area contributed by atoms with Gasteiger partial charge in [0.2, 0.25) is 11.7 Å². The van der Waals surface area contributed by atoms with E-state index in [1.54, 1.807) is 48.9 Å². The van der Waals surface area contributed by atoms with E-state index in [4.69, 9.17) is 9.26 Å². The van der Waals surface area contributed by atoms with Gasteiger partial charge in [-0.15, -0.1) is 0 Å². The third-order valence-electron chi connectivity index (χ3n) is 4.48. The van der Waals surface area contributed by atoms with Gasteiger partial charge in [-0.25, -0.2) is 9.59 Å². The highest BCUT2D eigenvalue weighted by atomic mass is 16.5. The first-order chi connectivity index (χ1) is 14.6. The van der Waals surface area contributed by atoms with Crippen molar-refractivity contribution in [3.63, 3.8) is 0 Å². The number of nitrogens with one attached hydrogen (secondary N) is 1. The predicted molar refractivity (Wildman–Crippen MR) is 107 cm³/mol. The number of pyridine rings is 1. The Morgan fingerprint density at radius 1 is 1.23 bits per heavy atom. The van der Waals surface area contributed by atoms with Crippen molar-refractivity contribution >= 4 is 5.97 Å². The molecule has 0 spiro atoms. The molecule has 0 aliphatic rings. The molecule has 152 valence electrons. The number of esters is 1. The minimum Gasteiger partial charge on any atom is -0.462 e. The minimum absolute atomic E-state index is 0.224. The monoisotopic (exact) mass is 405 g/mol. The van der Waals surface area contributed by atoms with Crippen LogP contribution in [0.1, 0.15) is 28.4 Å². The van der Waals surface area contributed by atoms with Crippen molar-refractivity contribution in [2.45, 2.75) is 19.8 Å². The molecule has 3 aromatic heterocycles. The summed E-state index contributed by atoms with van der Waals surface area (Å²) in [6.07, 6.45) is 6.02. The number of H-pyrrole nitrogens is 1. The number of nitrogens with zero attached hydrogens (tertiary/aromatic N) is 4. The quantitative estimate of drug-likeness (QED) is 0.371. The van der Waals surface area contributed by atoms with Gasteiger partial charge >= 0.3 is 11.7 Å². The minimum atomic E-state index is -0.429. The molecule has 9 nitrogen and oxygen atoms in total. The van der Waals surface area contributed by atoms with E-state index in [-0.39, 0.29) is 12.3 Å². The number of hydrogen-bond acceptors (Lipinski definition) is 7. The molecule has 4 aromatic rings. The van der Waals surface area contributed by atoms with E-state index in [0.717, 1.165) is 11.3 Å². The lowest BCUT2D eigenvalue weighted by Crippen LogP contribution is -2.16. The molecular weight excluding hydrogens is 386 g/mol. The molecule has 0 atom stereocenters. The molecule has 0 saturated carbocycles. The van der Waals surface area contributed by atoms with E-state index in [1.807, 2.05) is 13.0 Å². The van der Waals surface area contributed by atoms with Gasteiger partial charge in [0.25, 0.3) is 0 Å². The lowest BCUT2D eigenvalue weighted by atomic mass is 10.2. The van der Waals surface area contributed by atoms with E-state index in [1.165, 1.54) is 4.57 Å². The van der Waals surface area contributed by atoms with Crippen LogP contribution in [0, 0.1) is 6.92 Å². The van der Waals surface area contributed by atoms with E-state index >= 15 is 0 Å². The Kier molecular flexibility index (Phi) is 5.51. The number of ether oxygens (including phenoxy) is 1. The Hall–Kier alpha value is -4.01. The highest BCUT2D eigenvalue weighted by Gasteiger charge is 2.11. The number of hydrogen-bond donors (Lipinski definition) is 1. The maximum atomic E-state index is 12.2. The molecule has 4 rings (SSSR count). The third-order valence-corrected chi connectivity index (χ3v) is 4.48. The summed E-state index contributed by atoms with van der Waals surface area (Å²) >= 11 is 0. The van der Waals surface area contributed by atoms with Crippen LogP contribution in [0.5, 0.6) is 0 Å². The fourth-order valence-corrected chi connectivity index (χ4v) is 2.96. The van der Waals surface area contributed by atoms with Crippen LogP contribution in [-0.2, 0) is 11.2 Å². The maximum absolute atomic E-state index is 12.2. The van der Waals surface area contributed by atoms with Crippen molar-refractivity contribution in [2.75, 3.05) is 6.61 Å². The Bertz CT molecular complexity index is 1190. The van der Waals surface area contributed by atoms with Crippen LogP contribution < -0.4 is 5.69 Å². The largest absolute Gasteiger partial charge is 0.462 e. The number of imidazole rings is 1. The molecule has 0 aliphatic carbocycles. The van der Waals surface area contributed by atoms with Crippen LogP contribution in [0.15, 0.2) is 64.3 Å². The second-order valence-electron chi connectivity index (χ2n) is 6.61. The number of carbonyl (C=O) groups excluding carboxylic acids is 1. The smallest absolute Gasteiger partial charge is 0.338 e. The fraction of sp³-hybridized carbons (Fsp3) is 0.190. The summed E-state index contributed by atoms with van der Waals surface area (Å²) in [5.74, 6) is 0.523. The normalized spacial score (nSPS) is 10.8. The average molecular weight is 405 g/mol. The molecule has 0 saturated heterocycles. The highest BCUT2D eigenvalue weighted by Crippen LogP contribution is 2.15. The molecule has 3 heterocycles. The zero-order valence-electron chi connectivity index (χ0n) is 16.2. The second kappa shape index (κ2) is 8.56. The summed E-state index contributed by atoms with van der Waals surface area (Å²) < 4.78 is 12.1.